The molecule has 1 radical (unpaired) electrons. The van der Waals surface area contributed by atoms with Crippen molar-refractivity contribution in [1.29, 1.82) is 0 Å². The van der Waals surface area contributed by atoms with Crippen molar-refractivity contribution in [2.45, 2.75) is 26.5 Å². The van der Waals surface area contributed by atoms with E-state index in [0.29, 0.717) is 11.1 Å². The molecular formula is C58H45IrN3OSi-2. The molecule has 0 amide bonds. The van der Waals surface area contributed by atoms with Crippen LogP contribution in [0.2, 0.25) is 19.6 Å². The molecule has 0 N–H and O–H groups in total. The van der Waals surface area contributed by atoms with Gasteiger partial charge in [0.25, 0.3) is 0 Å². The zero-order chi connectivity index (χ0) is 45.4. The number of fused-ring (bicyclic) bond motifs is 4. The van der Waals surface area contributed by atoms with E-state index in [9.17, 15) is 0 Å². The Bertz CT molecular complexity index is 3460. The molecule has 4 nitrogen and oxygen atoms in total. The van der Waals surface area contributed by atoms with Gasteiger partial charge in [-0.15, -0.1) is 48.0 Å². The fourth-order valence-electron chi connectivity index (χ4n) is 8.11. The van der Waals surface area contributed by atoms with Gasteiger partial charge in [-0.2, -0.15) is 0 Å². The Hall–Kier alpha value is -6.95. The van der Waals surface area contributed by atoms with Crippen LogP contribution in [-0.4, -0.2) is 22.6 Å². The van der Waals surface area contributed by atoms with E-state index >= 15 is 0 Å². The van der Waals surface area contributed by atoms with Crippen LogP contribution in [0.15, 0.2) is 205 Å². The normalized spacial score (nSPS) is 12.2. The number of rotatable bonds is 7. The van der Waals surface area contributed by atoms with Crippen LogP contribution in [0.25, 0.3) is 94.7 Å². The van der Waals surface area contributed by atoms with Crippen molar-refractivity contribution in [3.8, 4) is 61.7 Å². The van der Waals surface area contributed by atoms with E-state index in [4.69, 9.17) is 13.5 Å². The number of para-hydroxylation sites is 2. The quantitative estimate of drug-likeness (QED) is 0.118. The van der Waals surface area contributed by atoms with Gasteiger partial charge >= 0.3 is 0 Å². The van der Waals surface area contributed by atoms with Crippen LogP contribution in [0, 0.1) is 19.0 Å². The minimum atomic E-state index is -2.18. The van der Waals surface area contributed by atoms with E-state index in [-0.39, 0.29) is 20.1 Å². The number of nitrogens with zero attached hydrogens (tertiary/aromatic N) is 3. The minimum absolute atomic E-state index is 0. The molecule has 0 aliphatic heterocycles. The van der Waals surface area contributed by atoms with Gasteiger partial charge < -0.3 is 14.0 Å². The number of aromatic nitrogens is 3. The summed E-state index contributed by atoms with van der Waals surface area (Å²) in [5.41, 5.74) is 13.6. The number of imidazole rings is 1. The second-order valence-corrected chi connectivity index (χ2v) is 21.7. The van der Waals surface area contributed by atoms with Crippen LogP contribution in [0.5, 0.6) is 0 Å². The Kier molecular flexibility index (Phi) is 10.9. The fraction of sp³-hybridized carbons (Fsp3) is 0.0690. The molecule has 0 unspecified atom stereocenters. The molecule has 0 atom stereocenters. The molecule has 0 aliphatic rings. The first-order chi connectivity index (χ1) is 32.0. The fourth-order valence-corrected chi connectivity index (χ4v) is 9.15. The van der Waals surface area contributed by atoms with Crippen LogP contribution in [-0.2, 0) is 20.1 Å². The molecule has 11 aromatic rings. The summed E-state index contributed by atoms with van der Waals surface area (Å²) in [5, 5.41) is 3.28. The smallest absolute Gasteiger partial charge is 0.121 e. The van der Waals surface area contributed by atoms with Crippen molar-refractivity contribution in [2.75, 3.05) is 0 Å². The van der Waals surface area contributed by atoms with Crippen molar-refractivity contribution in [2.24, 2.45) is 0 Å². The van der Waals surface area contributed by atoms with Gasteiger partial charge in [-0.05, 0) is 75.7 Å². The summed E-state index contributed by atoms with van der Waals surface area (Å²) in [7, 11) is -1.23. The number of furan rings is 1. The Morgan fingerprint density at radius 2 is 1.28 bits per heavy atom. The van der Waals surface area contributed by atoms with E-state index in [1.807, 2.05) is 103 Å². The maximum atomic E-state index is 7.87. The molecule has 0 saturated carbocycles. The SMILES string of the molecule is C[Si](C)(C)c1ccc(-c2[c-]cccc2)nc1.[2H]C([2H])([2H])c1ccc(-c2c[c-]c(-c3nc4ccccc4n3-c3ccc(-c4ccccc4)cc3)c3oc4cc(-c5ccccc5)ccc4c23)cc1.[Ir]. The summed E-state index contributed by atoms with van der Waals surface area (Å²) in [6.45, 7) is 4.81. The van der Waals surface area contributed by atoms with Crippen molar-refractivity contribution in [1.82, 2.24) is 14.5 Å². The Labute approximate surface area is 393 Å². The molecule has 0 fully saturated rings. The third kappa shape index (κ3) is 8.44. The van der Waals surface area contributed by atoms with E-state index in [1.165, 1.54) is 5.19 Å². The average molecular weight is 1020 g/mol. The standard InChI is InChI=1S/C44H29N2O.C14H16NSi.Ir/c1-29-16-18-33(19-17-29)36-26-27-38(43-42(36)37-25-22-34(28-41(37)47-43)31-12-6-3-7-13-31)44-45-39-14-8-9-15-40(39)46(44)35-23-20-32(21-24-35)30-10-4-2-5-11-30;1-16(2,3)13-9-10-14(15-11-13)12-7-5-4-6-8-12;/h2-26,28H,1H3;4-7,9-11H,1-3H3;/q2*-1;/i1D3;;. The van der Waals surface area contributed by atoms with Crippen LogP contribution in [0.4, 0.5) is 0 Å². The third-order valence-corrected chi connectivity index (χ3v) is 13.5. The molecule has 0 spiro atoms. The zero-order valence-corrected chi connectivity index (χ0v) is 39.0. The molecule has 64 heavy (non-hydrogen) atoms. The number of aryl methyl sites for hydroxylation is 1. The third-order valence-electron chi connectivity index (χ3n) is 11.5. The predicted molar refractivity (Wildman–Crippen MR) is 265 cm³/mol. The average Bonchev–Trinajstić information content (AvgIpc) is 3.94. The van der Waals surface area contributed by atoms with Crippen molar-refractivity contribution >= 4 is 46.2 Å². The van der Waals surface area contributed by atoms with E-state index in [0.717, 1.165) is 89.1 Å². The molecule has 3 heterocycles. The Morgan fingerprint density at radius 3 is 1.95 bits per heavy atom. The van der Waals surface area contributed by atoms with Crippen LogP contribution in [0.3, 0.4) is 0 Å². The molecule has 6 heteroatoms. The second kappa shape index (κ2) is 18.0. The Morgan fingerprint density at radius 1 is 0.625 bits per heavy atom. The van der Waals surface area contributed by atoms with Gasteiger partial charge in [-0.25, -0.2) is 0 Å². The molecule has 0 bridgehead atoms. The number of pyridine rings is 1. The second-order valence-electron chi connectivity index (χ2n) is 16.7. The first-order valence-electron chi connectivity index (χ1n) is 22.6. The summed E-state index contributed by atoms with van der Waals surface area (Å²) in [6.07, 6.45) is 2.02. The molecule has 11 rings (SSSR count). The number of hydrogen-bond donors (Lipinski definition) is 0. The molecule has 8 aromatic carbocycles. The Balaban J connectivity index is 0.000000281. The van der Waals surface area contributed by atoms with Gasteiger partial charge in [-0.3, -0.25) is 4.98 Å². The first kappa shape index (κ1) is 38.7. The van der Waals surface area contributed by atoms with Gasteiger partial charge in [-0.1, -0.05) is 175 Å². The molecular weight excluding hydrogens is 975 g/mol. The summed E-state index contributed by atoms with van der Waals surface area (Å²) in [6, 6.07) is 71.6. The summed E-state index contributed by atoms with van der Waals surface area (Å²) >= 11 is 0. The zero-order valence-electron chi connectivity index (χ0n) is 38.6. The van der Waals surface area contributed by atoms with Crippen LogP contribution >= 0.6 is 0 Å². The van der Waals surface area contributed by atoms with Crippen LogP contribution in [0.1, 0.15) is 9.68 Å². The topological polar surface area (TPSA) is 43.9 Å². The number of benzene rings is 8. The van der Waals surface area contributed by atoms with Crippen molar-refractivity contribution < 1.29 is 28.6 Å². The van der Waals surface area contributed by atoms with E-state index in [1.54, 1.807) is 12.1 Å². The van der Waals surface area contributed by atoms with Gasteiger partial charge in [0.1, 0.15) is 5.58 Å². The largest absolute Gasteiger partial charge is 0.500 e. The van der Waals surface area contributed by atoms with E-state index < -0.39 is 14.9 Å². The maximum absolute atomic E-state index is 7.87. The molecule has 0 saturated heterocycles. The summed E-state index contributed by atoms with van der Waals surface area (Å²) < 4.78 is 32.6. The van der Waals surface area contributed by atoms with Gasteiger partial charge in [0, 0.05) is 41.5 Å². The maximum Gasteiger partial charge on any atom is 0.121 e. The molecule has 0 aliphatic carbocycles. The van der Waals surface area contributed by atoms with Crippen molar-refractivity contribution in [3.05, 3.63) is 218 Å². The van der Waals surface area contributed by atoms with Gasteiger partial charge in [0.05, 0.1) is 30.5 Å². The number of hydrogen-bond acceptors (Lipinski definition) is 3. The van der Waals surface area contributed by atoms with Gasteiger partial charge in [0.2, 0.25) is 0 Å². The molecule has 3 aromatic heterocycles. The van der Waals surface area contributed by atoms with Gasteiger partial charge in [0.15, 0.2) is 0 Å². The van der Waals surface area contributed by atoms with E-state index in [2.05, 4.69) is 126 Å². The van der Waals surface area contributed by atoms with Crippen molar-refractivity contribution in [3.63, 3.8) is 0 Å². The molecule has 313 valence electrons. The first-order valence-corrected chi connectivity index (χ1v) is 24.6. The minimum Gasteiger partial charge on any atom is -0.500 e. The summed E-state index contributed by atoms with van der Waals surface area (Å²) in [4.78, 5) is 9.69. The predicted octanol–water partition coefficient (Wildman–Crippen LogP) is 14.8. The monoisotopic (exact) mass is 1020 g/mol. The summed E-state index contributed by atoms with van der Waals surface area (Å²) in [5.74, 6) is 0.718. The van der Waals surface area contributed by atoms with Crippen LogP contribution < -0.4 is 5.19 Å².